The Morgan fingerprint density at radius 1 is 1.59 bits per heavy atom. The Balaban J connectivity index is 1.89. The fourth-order valence-corrected chi connectivity index (χ4v) is 1.99. The van der Waals surface area contributed by atoms with Gasteiger partial charge >= 0.3 is 5.97 Å². The van der Waals surface area contributed by atoms with Crippen molar-refractivity contribution in [1.29, 1.82) is 0 Å². The van der Waals surface area contributed by atoms with Gasteiger partial charge in [-0.15, -0.1) is 0 Å². The van der Waals surface area contributed by atoms with Gasteiger partial charge in [0, 0.05) is 6.04 Å². The molecule has 1 amide bonds. The topological polar surface area (TPSA) is 91.3 Å². The van der Waals surface area contributed by atoms with Gasteiger partial charge in [0.25, 0.3) is 0 Å². The molecule has 7 heteroatoms. The zero-order chi connectivity index (χ0) is 12.4. The van der Waals surface area contributed by atoms with Crippen LogP contribution in [0.5, 0.6) is 0 Å². The monoisotopic (exact) mass is 255 g/mol. The lowest BCUT2D eigenvalue weighted by Crippen LogP contribution is -2.38. The third kappa shape index (κ3) is 3.16. The van der Waals surface area contributed by atoms with Crippen LogP contribution >= 0.6 is 11.3 Å². The first-order valence-electron chi connectivity index (χ1n) is 5.32. The summed E-state index contributed by atoms with van der Waals surface area (Å²) in [6.45, 7) is 1.72. The molecule has 1 atom stereocenters. The maximum Gasteiger partial charge on any atom is 0.347 e. The number of carboxylic acids is 1. The molecule has 3 N–H and O–H groups in total. The number of aromatic nitrogens is 1. The fourth-order valence-electron chi connectivity index (χ4n) is 1.24. The molecule has 1 fully saturated rings. The SMILES string of the molecule is CC(Nc1ncc(C(=O)O)s1)C(=O)NC1CC1. The van der Waals surface area contributed by atoms with Crippen molar-refractivity contribution in [1.82, 2.24) is 10.3 Å². The van der Waals surface area contributed by atoms with Crippen LogP contribution in [0.1, 0.15) is 29.4 Å². The van der Waals surface area contributed by atoms with E-state index in [1.165, 1.54) is 6.20 Å². The van der Waals surface area contributed by atoms with Crippen molar-refractivity contribution in [3.63, 3.8) is 0 Å². The lowest BCUT2D eigenvalue weighted by Gasteiger charge is -2.12. The number of hydrogen-bond donors (Lipinski definition) is 3. The van der Waals surface area contributed by atoms with Crippen LogP contribution in [0.15, 0.2) is 6.20 Å². The first-order valence-corrected chi connectivity index (χ1v) is 6.14. The van der Waals surface area contributed by atoms with E-state index >= 15 is 0 Å². The van der Waals surface area contributed by atoms with E-state index in [4.69, 9.17) is 5.11 Å². The molecule has 2 rings (SSSR count). The summed E-state index contributed by atoms with van der Waals surface area (Å²) < 4.78 is 0. The third-order valence-electron chi connectivity index (χ3n) is 2.37. The summed E-state index contributed by atoms with van der Waals surface area (Å²) in [6.07, 6.45) is 3.36. The predicted octanol–water partition coefficient (Wildman–Crippen LogP) is 0.920. The molecule has 6 nitrogen and oxygen atoms in total. The second-order valence-corrected chi connectivity index (χ2v) is 5.01. The number of nitrogens with zero attached hydrogens (tertiary/aromatic N) is 1. The van der Waals surface area contributed by atoms with E-state index in [2.05, 4.69) is 15.6 Å². The zero-order valence-corrected chi connectivity index (χ0v) is 10.1. The Bertz CT molecular complexity index is 442. The quantitative estimate of drug-likeness (QED) is 0.727. The second kappa shape index (κ2) is 4.70. The minimum Gasteiger partial charge on any atom is -0.477 e. The molecular formula is C10H13N3O3S. The zero-order valence-electron chi connectivity index (χ0n) is 9.27. The van der Waals surface area contributed by atoms with Crippen LogP contribution in [0.25, 0.3) is 0 Å². The average Bonchev–Trinajstić information content (AvgIpc) is 2.94. The van der Waals surface area contributed by atoms with Gasteiger partial charge in [-0.3, -0.25) is 4.79 Å². The van der Waals surface area contributed by atoms with Crippen molar-refractivity contribution in [2.75, 3.05) is 5.32 Å². The molecule has 0 aromatic carbocycles. The number of nitrogens with one attached hydrogen (secondary N) is 2. The van der Waals surface area contributed by atoms with Gasteiger partial charge < -0.3 is 15.7 Å². The molecule has 0 aliphatic heterocycles. The molecule has 1 aromatic rings. The van der Waals surface area contributed by atoms with E-state index in [1.54, 1.807) is 6.92 Å². The summed E-state index contributed by atoms with van der Waals surface area (Å²) in [4.78, 5) is 26.3. The number of amides is 1. The maximum atomic E-state index is 11.6. The number of anilines is 1. The summed E-state index contributed by atoms with van der Waals surface area (Å²) in [6, 6.07) is -0.0963. The maximum absolute atomic E-state index is 11.6. The first-order chi connectivity index (χ1) is 8.06. The second-order valence-electron chi connectivity index (χ2n) is 3.98. The predicted molar refractivity (Wildman–Crippen MR) is 63.3 cm³/mol. The third-order valence-corrected chi connectivity index (χ3v) is 3.29. The van der Waals surface area contributed by atoms with Gasteiger partial charge in [0.1, 0.15) is 10.9 Å². The molecule has 0 spiro atoms. The lowest BCUT2D eigenvalue weighted by atomic mass is 10.3. The standard InChI is InChI=1S/C10H13N3O3S/c1-5(8(14)13-6-2-3-6)12-10-11-4-7(17-10)9(15)16/h4-6H,2-3H2,1H3,(H,11,12)(H,13,14)(H,15,16). The molecule has 1 heterocycles. The van der Waals surface area contributed by atoms with Gasteiger partial charge in [-0.05, 0) is 19.8 Å². The van der Waals surface area contributed by atoms with Crippen LogP contribution in [0, 0.1) is 0 Å². The summed E-state index contributed by atoms with van der Waals surface area (Å²) in [5.41, 5.74) is 0. The van der Waals surface area contributed by atoms with Gasteiger partial charge in [0.05, 0.1) is 6.20 Å². The summed E-state index contributed by atoms with van der Waals surface area (Å²) >= 11 is 1.02. The van der Waals surface area contributed by atoms with Crippen LogP contribution in [0.4, 0.5) is 5.13 Å². The van der Waals surface area contributed by atoms with Crippen LogP contribution in [0.3, 0.4) is 0 Å². The molecule has 17 heavy (non-hydrogen) atoms. The highest BCUT2D eigenvalue weighted by Gasteiger charge is 2.25. The Hall–Kier alpha value is -1.63. The number of rotatable bonds is 5. The lowest BCUT2D eigenvalue weighted by molar-refractivity contribution is -0.121. The van der Waals surface area contributed by atoms with E-state index in [-0.39, 0.29) is 10.8 Å². The van der Waals surface area contributed by atoms with Gasteiger partial charge in [-0.1, -0.05) is 11.3 Å². The van der Waals surface area contributed by atoms with Crippen molar-refractivity contribution in [3.05, 3.63) is 11.1 Å². The molecule has 1 aliphatic carbocycles. The van der Waals surface area contributed by atoms with Crippen molar-refractivity contribution in [2.45, 2.75) is 31.8 Å². The highest BCUT2D eigenvalue weighted by atomic mass is 32.1. The largest absolute Gasteiger partial charge is 0.477 e. The van der Waals surface area contributed by atoms with Crippen LogP contribution in [0.2, 0.25) is 0 Å². The molecule has 1 saturated carbocycles. The van der Waals surface area contributed by atoms with Gasteiger partial charge in [0.2, 0.25) is 5.91 Å². The highest BCUT2D eigenvalue weighted by Crippen LogP contribution is 2.20. The average molecular weight is 255 g/mol. The Morgan fingerprint density at radius 2 is 2.29 bits per heavy atom. The fraction of sp³-hybridized carbons (Fsp3) is 0.500. The number of aromatic carboxylic acids is 1. The van der Waals surface area contributed by atoms with Crippen molar-refractivity contribution in [3.8, 4) is 0 Å². The molecule has 1 aliphatic rings. The van der Waals surface area contributed by atoms with Crippen LogP contribution in [-0.4, -0.2) is 34.1 Å². The molecule has 0 saturated heterocycles. The van der Waals surface area contributed by atoms with Crippen LogP contribution < -0.4 is 10.6 Å². The smallest absolute Gasteiger partial charge is 0.347 e. The number of carboxylic acid groups (broad SMARTS) is 1. The summed E-state index contributed by atoms with van der Waals surface area (Å²) in [7, 11) is 0. The van der Waals surface area contributed by atoms with Crippen molar-refractivity contribution < 1.29 is 14.7 Å². The first kappa shape index (κ1) is 11.8. The van der Waals surface area contributed by atoms with E-state index in [1.807, 2.05) is 0 Å². The Morgan fingerprint density at radius 3 is 2.82 bits per heavy atom. The van der Waals surface area contributed by atoms with E-state index in [0.717, 1.165) is 24.2 Å². The molecule has 92 valence electrons. The molecule has 0 radical (unpaired) electrons. The van der Waals surface area contributed by atoms with Gasteiger partial charge in [-0.25, -0.2) is 9.78 Å². The molecule has 1 unspecified atom stereocenters. The van der Waals surface area contributed by atoms with E-state index in [0.29, 0.717) is 11.2 Å². The molecule has 0 bridgehead atoms. The summed E-state index contributed by atoms with van der Waals surface area (Å²) in [5.74, 6) is -1.09. The Labute approximate surface area is 102 Å². The van der Waals surface area contributed by atoms with Crippen LogP contribution in [-0.2, 0) is 4.79 Å². The number of thiazole rings is 1. The minimum absolute atomic E-state index is 0.0837. The number of carbonyl (C=O) groups excluding carboxylic acids is 1. The van der Waals surface area contributed by atoms with Gasteiger partial charge in [0.15, 0.2) is 5.13 Å². The van der Waals surface area contributed by atoms with E-state index in [9.17, 15) is 9.59 Å². The molecule has 1 aromatic heterocycles. The van der Waals surface area contributed by atoms with Crippen molar-refractivity contribution in [2.24, 2.45) is 0 Å². The van der Waals surface area contributed by atoms with Crippen molar-refractivity contribution >= 4 is 28.3 Å². The number of hydrogen-bond acceptors (Lipinski definition) is 5. The molecular weight excluding hydrogens is 242 g/mol. The normalized spacial score (nSPS) is 16.3. The summed E-state index contributed by atoms with van der Waals surface area (Å²) in [5, 5.41) is 14.9. The Kier molecular flexibility index (Phi) is 3.28. The number of carbonyl (C=O) groups is 2. The highest BCUT2D eigenvalue weighted by molar-refractivity contribution is 7.17. The van der Waals surface area contributed by atoms with E-state index < -0.39 is 12.0 Å². The minimum atomic E-state index is -1.01. The van der Waals surface area contributed by atoms with Gasteiger partial charge in [-0.2, -0.15) is 0 Å².